The monoisotopic (exact) mass is 599 g/mol. The molecule has 12 heteroatoms. The van der Waals surface area contributed by atoms with E-state index in [2.05, 4.69) is 43.9 Å². The van der Waals surface area contributed by atoms with Gasteiger partial charge in [0.1, 0.15) is 11.9 Å². The van der Waals surface area contributed by atoms with Gasteiger partial charge in [-0.1, -0.05) is 18.9 Å². The molecule has 5 heterocycles. The average molecular weight is 600 g/mol. The minimum Gasteiger partial charge on any atom is -0.384 e. The van der Waals surface area contributed by atoms with Crippen LogP contribution in [0.3, 0.4) is 0 Å². The van der Waals surface area contributed by atoms with E-state index < -0.39 is 29.7 Å². The van der Waals surface area contributed by atoms with Gasteiger partial charge in [-0.15, -0.1) is 0 Å². The van der Waals surface area contributed by atoms with E-state index in [4.69, 9.17) is 0 Å². The molecule has 0 spiro atoms. The van der Waals surface area contributed by atoms with Crippen molar-refractivity contribution < 1.29 is 24.0 Å². The van der Waals surface area contributed by atoms with E-state index in [1.165, 1.54) is 12.1 Å². The van der Waals surface area contributed by atoms with Crippen molar-refractivity contribution in [2.45, 2.75) is 69.9 Å². The molecular formula is C32H37N7O5. The molecule has 12 nitrogen and oxygen atoms in total. The quantitative estimate of drug-likeness (QED) is 0.192. The number of nitrogens with zero attached hydrogens (tertiary/aromatic N) is 3. The summed E-state index contributed by atoms with van der Waals surface area (Å²) in [5, 5.41) is 9.42. The fourth-order valence-corrected chi connectivity index (χ4v) is 6.45. The number of unbranched alkanes of at least 4 members (excludes halogenated alkanes) is 3. The highest BCUT2D eigenvalue weighted by atomic mass is 16.2. The lowest BCUT2D eigenvalue weighted by atomic mass is 10.0. The number of rotatable bonds is 11. The molecule has 5 amide bonds. The highest BCUT2D eigenvalue weighted by molar-refractivity contribution is 6.25. The molecule has 2 saturated heterocycles. The van der Waals surface area contributed by atoms with Crippen molar-refractivity contribution >= 4 is 51.9 Å². The zero-order valence-electron chi connectivity index (χ0n) is 24.8. The van der Waals surface area contributed by atoms with E-state index in [0.717, 1.165) is 54.5 Å². The summed E-state index contributed by atoms with van der Waals surface area (Å²) in [5.74, 6) is -1.61. The first-order valence-corrected chi connectivity index (χ1v) is 15.4. The van der Waals surface area contributed by atoms with Gasteiger partial charge < -0.3 is 15.6 Å². The van der Waals surface area contributed by atoms with Crippen LogP contribution in [-0.4, -0.2) is 75.5 Å². The minimum absolute atomic E-state index is 0.0686. The van der Waals surface area contributed by atoms with Crippen LogP contribution in [0.15, 0.2) is 36.5 Å². The molecule has 2 aromatic heterocycles. The Balaban J connectivity index is 0.934. The Morgan fingerprint density at radius 1 is 1.02 bits per heavy atom. The van der Waals surface area contributed by atoms with E-state index in [-0.39, 0.29) is 29.9 Å². The van der Waals surface area contributed by atoms with Gasteiger partial charge >= 0.3 is 0 Å². The summed E-state index contributed by atoms with van der Waals surface area (Å²) in [6.07, 6.45) is 8.02. The number of piperidine rings is 1. The average Bonchev–Trinajstić information content (AvgIpc) is 3.68. The van der Waals surface area contributed by atoms with Gasteiger partial charge in [0.2, 0.25) is 17.7 Å². The van der Waals surface area contributed by atoms with E-state index in [9.17, 15) is 24.0 Å². The van der Waals surface area contributed by atoms with Crippen LogP contribution in [-0.2, 0) is 14.4 Å². The molecule has 1 aromatic carbocycles. The van der Waals surface area contributed by atoms with Crippen molar-refractivity contribution in [1.82, 2.24) is 25.1 Å². The summed E-state index contributed by atoms with van der Waals surface area (Å²) in [6, 6.07) is 8.47. The second-order valence-electron chi connectivity index (χ2n) is 11.8. The van der Waals surface area contributed by atoms with Crippen LogP contribution in [0, 0.1) is 0 Å². The number of aromatic amines is 1. The second-order valence-corrected chi connectivity index (χ2v) is 11.8. The van der Waals surface area contributed by atoms with Crippen molar-refractivity contribution in [3.05, 3.63) is 53.3 Å². The van der Waals surface area contributed by atoms with E-state index in [0.29, 0.717) is 30.5 Å². The number of fused-ring (bicyclic) bond motifs is 2. The molecule has 3 aromatic rings. The molecule has 230 valence electrons. The van der Waals surface area contributed by atoms with Gasteiger partial charge in [-0.2, -0.15) is 0 Å². The Labute approximate surface area is 254 Å². The number of pyridine rings is 1. The molecular weight excluding hydrogens is 562 g/mol. The topological polar surface area (TPSA) is 157 Å². The molecule has 0 radical (unpaired) electrons. The fourth-order valence-electron chi connectivity index (χ4n) is 6.45. The Bertz CT molecular complexity index is 1630. The normalized spacial score (nSPS) is 20.3. The Morgan fingerprint density at radius 3 is 2.66 bits per heavy atom. The maximum atomic E-state index is 13.2. The third kappa shape index (κ3) is 5.94. The molecule has 4 N–H and O–H groups in total. The molecule has 0 aliphatic carbocycles. The fraction of sp³-hybridized carbons (Fsp3) is 0.438. The zero-order valence-corrected chi connectivity index (χ0v) is 24.8. The largest absolute Gasteiger partial charge is 0.384 e. The molecule has 44 heavy (non-hydrogen) atoms. The number of H-pyrrole nitrogens is 1. The van der Waals surface area contributed by atoms with Gasteiger partial charge in [0.05, 0.1) is 16.6 Å². The number of imide groups is 2. The third-order valence-electron chi connectivity index (χ3n) is 8.79. The summed E-state index contributed by atoms with van der Waals surface area (Å²) < 4.78 is 0. The molecule has 1 unspecified atom stereocenters. The van der Waals surface area contributed by atoms with Crippen LogP contribution in [0.2, 0.25) is 0 Å². The molecule has 0 bridgehead atoms. The summed E-state index contributed by atoms with van der Waals surface area (Å²) in [4.78, 5) is 73.8. The highest BCUT2D eigenvalue weighted by Crippen LogP contribution is 2.33. The van der Waals surface area contributed by atoms with Gasteiger partial charge in [-0.3, -0.25) is 39.1 Å². The van der Waals surface area contributed by atoms with Crippen LogP contribution in [0.25, 0.3) is 10.9 Å². The number of hydrogen-bond acceptors (Lipinski definition) is 8. The van der Waals surface area contributed by atoms with Gasteiger partial charge in [0.15, 0.2) is 0 Å². The Morgan fingerprint density at radius 2 is 1.86 bits per heavy atom. The minimum atomic E-state index is -0.992. The highest BCUT2D eigenvalue weighted by Gasteiger charge is 2.45. The molecule has 6 rings (SSSR count). The van der Waals surface area contributed by atoms with Crippen molar-refractivity contribution in [3.8, 4) is 0 Å². The molecule has 2 fully saturated rings. The van der Waals surface area contributed by atoms with Gasteiger partial charge in [-0.25, -0.2) is 4.98 Å². The first-order chi connectivity index (χ1) is 21.3. The van der Waals surface area contributed by atoms with Crippen molar-refractivity contribution in [2.75, 3.05) is 30.8 Å². The third-order valence-corrected chi connectivity index (χ3v) is 8.79. The van der Waals surface area contributed by atoms with E-state index in [1.807, 2.05) is 6.07 Å². The van der Waals surface area contributed by atoms with Crippen LogP contribution < -0.4 is 16.0 Å². The predicted octanol–water partition coefficient (Wildman–Crippen LogP) is 3.73. The number of anilines is 2. The van der Waals surface area contributed by atoms with Gasteiger partial charge in [-0.05, 0) is 63.9 Å². The lowest BCUT2D eigenvalue weighted by Crippen LogP contribution is -2.54. The summed E-state index contributed by atoms with van der Waals surface area (Å²) >= 11 is 0. The van der Waals surface area contributed by atoms with Crippen molar-refractivity contribution in [1.29, 1.82) is 0 Å². The van der Waals surface area contributed by atoms with E-state index >= 15 is 0 Å². The van der Waals surface area contributed by atoms with Crippen LogP contribution >= 0.6 is 0 Å². The molecule has 0 saturated carbocycles. The van der Waals surface area contributed by atoms with Crippen molar-refractivity contribution in [2.24, 2.45) is 0 Å². The Hall–Kier alpha value is -4.58. The number of carbonyl (C=O) groups is 5. The molecule has 3 aliphatic heterocycles. The first-order valence-electron chi connectivity index (χ1n) is 15.4. The van der Waals surface area contributed by atoms with Gasteiger partial charge in [0, 0.05) is 54.5 Å². The number of aromatic nitrogens is 2. The number of benzene rings is 1. The summed E-state index contributed by atoms with van der Waals surface area (Å²) in [6.45, 7) is 1.68. The smallest absolute Gasteiger partial charge is 0.264 e. The van der Waals surface area contributed by atoms with Crippen LogP contribution in [0.4, 0.5) is 11.5 Å². The SMILES string of the molecule is CN1CCC[C@@H]1c1cc2cnc(NC(=O)CCCCCCNc3cccc4c3C(=O)N(C3CCC(=O)NC3=O)C4=O)cc2[nH]1. The van der Waals surface area contributed by atoms with Crippen LogP contribution in [0.1, 0.15) is 90.2 Å². The lowest BCUT2D eigenvalue weighted by molar-refractivity contribution is -0.136. The van der Waals surface area contributed by atoms with Crippen molar-refractivity contribution in [3.63, 3.8) is 0 Å². The van der Waals surface area contributed by atoms with Gasteiger partial charge in [0.25, 0.3) is 11.8 Å². The number of hydrogen-bond donors (Lipinski definition) is 4. The maximum Gasteiger partial charge on any atom is 0.264 e. The first kappa shape index (κ1) is 29.5. The van der Waals surface area contributed by atoms with E-state index in [1.54, 1.807) is 24.4 Å². The number of carbonyl (C=O) groups excluding carboxylic acids is 5. The lowest BCUT2D eigenvalue weighted by Gasteiger charge is -2.27. The maximum absolute atomic E-state index is 13.2. The molecule has 2 atom stereocenters. The number of likely N-dealkylation sites (tertiary alicyclic amines) is 1. The number of amides is 5. The summed E-state index contributed by atoms with van der Waals surface area (Å²) in [5.41, 5.74) is 3.21. The second kappa shape index (κ2) is 12.6. The Kier molecular flexibility index (Phi) is 8.42. The number of nitrogens with one attached hydrogen (secondary N) is 4. The zero-order chi connectivity index (χ0) is 30.8. The van der Waals surface area contributed by atoms with Crippen LogP contribution in [0.5, 0.6) is 0 Å². The predicted molar refractivity (Wildman–Crippen MR) is 164 cm³/mol. The summed E-state index contributed by atoms with van der Waals surface area (Å²) in [7, 11) is 2.14. The standard InChI is InChI=1S/C32H37N7O5/c1-38-15-7-10-24(38)23-16-19-18-34-26(17-22(19)35-23)36-27(40)11-4-2-3-5-14-33-21-9-6-8-20-29(21)32(44)39(31(20)43)25-12-13-28(41)37-30(25)42/h6,8-9,16-18,24-25,33,35H,2-5,7,10-15H2,1H3,(H,34,36,40)(H,37,41,42)/t24-,25?/m1/s1. The molecule has 3 aliphatic rings.